The summed E-state index contributed by atoms with van der Waals surface area (Å²) in [7, 11) is -5.66. The van der Waals surface area contributed by atoms with Crippen LogP contribution in [0.25, 0.3) is 0 Å². The Labute approximate surface area is 131 Å². The van der Waals surface area contributed by atoms with Gasteiger partial charge in [0.2, 0.25) is 0 Å². The van der Waals surface area contributed by atoms with Gasteiger partial charge in [0.1, 0.15) is 0 Å². The van der Waals surface area contributed by atoms with Crippen molar-refractivity contribution in [3.8, 4) is 0 Å². The Balaban J connectivity index is 1.70. The molecule has 0 aromatic heterocycles. The number of aliphatic hydroxyl groups is 2. The molecule has 0 spiro atoms. The second kappa shape index (κ2) is 4.84. The normalized spacial score (nSPS) is 42.7. The van der Waals surface area contributed by atoms with E-state index in [2.05, 4.69) is 4.74 Å². The van der Waals surface area contributed by atoms with Crippen molar-refractivity contribution in [1.29, 1.82) is 0 Å². The topological polar surface area (TPSA) is 121 Å². The van der Waals surface area contributed by atoms with Crippen molar-refractivity contribution in [2.24, 2.45) is 17.8 Å². The third-order valence-corrected chi connectivity index (χ3v) is 6.15. The predicted octanol–water partition coefficient (Wildman–Crippen LogP) is 0.312. The van der Waals surface area contributed by atoms with E-state index in [1.807, 2.05) is 0 Å². The van der Waals surface area contributed by atoms with Crippen LogP contribution in [0.1, 0.15) is 32.1 Å². The molecule has 132 valence electrons. The first kappa shape index (κ1) is 17.0. The Morgan fingerprint density at radius 2 is 1.57 bits per heavy atom. The fraction of sp³-hybridized carbons (Fsp3) is 0.923. The van der Waals surface area contributed by atoms with Crippen molar-refractivity contribution in [1.82, 2.24) is 0 Å². The molecule has 0 saturated heterocycles. The summed E-state index contributed by atoms with van der Waals surface area (Å²) in [6.45, 7) is -1.75. The Bertz CT molecular complexity index is 596. The average Bonchev–Trinajstić information content (AvgIpc) is 2.31. The van der Waals surface area contributed by atoms with Crippen LogP contribution >= 0.6 is 0 Å². The van der Waals surface area contributed by atoms with Crippen LogP contribution in [0, 0.1) is 17.8 Å². The largest absolute Gasteiger partial charge is 0.458 e. The monoisotopic (exact) mass is 356 g/mol. The molecule has 4 saturated carbocycles. The fourth-order valence-electron chi connectivity index (χ4n) is 4.77. The summed E-state index contributed by atoms with van der Waals surface area (Å²) in [5.41, 5.74) is -2.09. The summed E-state index contributed by atoms with van der Waals surface area (Å²) < 4.78 is 60.2. The molecule has 0 amide bonds. The molecular formula is C13H18F2O7S. The van der Waals surface area contributed by atoms with Gasteiger partial charge in [-0.15, -0.1) is 0 Å². The lowest BCUT2D eigenvalue weighted by Crippen LogP contribution is -2.63. The number of halogens is 2. The number of carbonyl (C=O) groups excluding carboxylic acids is 1. The third-order valence-electron chi connectivity index (χ3n) is 5.27. The molecule has 0 heterocycles. The number of alkyl halides is 2. The van der Waals surface area contributed by atoms with E-state index in [0.717, 1.165) is 0 Å². The van der Waals surface area contributed by atoms with E-state index in [-0.39, 0.29) is 32.1 Å². The first-order valence-corrected chi connectivity index (χ1v) is 8.75. The molecule has 0 aromatic rings. The molecule has 0 atom stereocenters. The van der Waals surface area contributed by atoms with E-state index in [9.17, 15) is 32.2 Å². The number of carbonyl (C=O) groups is 1. The number of ether oxygens (including phenoxy) is 1. The highest BCUT2D eigenvalue weighted by molar-refractivity contribution is 7.86. The zero-order valence-corrected chi connectivity index (χ0v) is 12.9. The maximum absolute atomic E-state index is 13.1. The summed E-state index contributed by atoms with van der Waals surface area (Å²) >= 11 is 0. The van der Waals surface area contributed by atoms with Crippen molar-refractivity contribution < 1.29 is 41.5 Å². The van der Waals surface area contributed by atoms with Crippen LogP contribution in [0.2, 0.25) is 0 Å². The molecular weight excluding hydrogens is 338 g/mol. The fourth-order valence-corrected chi connectivity index (χ4v) is 4.98. The molecule has 4 fully saturated rings. The minimum Gasteiger partial charge on any atom is -0.458 e. The molecule has 0 radical (unpaired) electrons. The molecule has 4 aliphatic rings. The van der Waals surface area contributed by atoms with Gasteiger partial charge in [-0.25, -0.2) is 0 Å². The van der Waals surface area contributed by atoms with Gasteiger partial charge in [-0.2, -0.15) is 17.2 Å². The SMILES string of the molecule is O=C(OCC(F)(F)S(=O)(=O)O)C1C2CC3(O)CC1CC(O)(C2)C3. The van der Waals surface area contributed by atoms with Gasteiger partial charge < -0.3 is 14.9 Å². The van der Waals surface area contributed by atoms with Crippen LogP contribution in [0.4, 0.5) is 8.78 Å². The van der Waals surface area contributed by atoms with E-state index in [1.165, 1.54) is 0 Å². The summed E-state index contributed by atoms with van der Waals surface area (Å²) in [5.74, 6) is -2.52. The molecule has 4 bridgehead atoms. The van der Waals surface area contributed by atoms with Crippen LogP contribution in [0.3, 0.4) is 0 Å². The standard InChI is InChI=1S/C13H18F2O7S/c14-13(15,23(19,20)21)6-22-10(16)9-7-1-11(17)3-8(9)4-12(18,2-7)5-11/h7-9,17-18H,1-6H2,(H,19,20,21). The second-order valence-electron chi connectivity index (χ2n) is 7.21. The quantitative estimate of drug-likeness (QED) is 0.490. The average molecular weight is 356 g/mol. The van der Waals surface area contributed by atoms with Crippen LogP contribution < -0.4 is 0 Å². The molecule has 10 heteroatoms. The van der Waals surface area contributed by atoms with Gasteiger partial charge in [0.05, 0.1) is 17.1 Å². The van der Waals surface area contributed by atoms with Gasteiger partial charge in [-0.1, -0.05) is 0 Å². The van der Waals surface area contributed by atoms with E-state index in [4.69, 9.17) is 4.55 Å². The van der Waals surface area contributed by atoms with Crippen LogP contribution in [-0.2, 0) is 19.6 Å². The Hall–Kier alpha value is -0.840. The molecule has 7 nitrogen and oxygen atoms in total. The number of hydrogen-bond donors (Lipinski definition) is 3. The Morgan fingerprint density at radius 3 is 1.96 bits per heavy atom. The number of hydrogen-bond acceptors (Lipinski definition) is 6. The van der Waals surface area contributed by atoms with Crippen molar-refractivity contribution in [3.05, 3.63) is 0 Å². The van der Waals surface area contributed by atoms with E-state index in [1.54, 1.807) is 0 Å². The molecule has 0 unspecified atom stereocenters. The third kappa shape index (κ3) is 2.86. The molecule has 4 rings (SSSR count). The molecule has 0 aromatic carbocycles. The van der Waals surface area contributed by atoms with Gasteiger partial charge in [0, 0.05) is 6.42 Å². The first-order valence-electron chi connectivity index (χ1n) is 7.31. The van der Waals surface area contributed by atoms with E-state index >= 15 is 0 Å². The maximum Gasteiger partial charge on any atom is 0.402 e. The van der Waals surface area contributed by atoms with Crippen molar-refractivity contribution in [2.75, 3.05) is 6.61 Å². The summed E-state index contributed by atoms with van der Waals surface area (Å²) in [6, 6.07) is 0. The summed E-state index contributed by atoms with van der Waals surface area (Å²) in [5, 5.41) is 16.2. The van der Waals surface area contributed by atoms with Crippen molar-refractivity contribution >= 4 is 16.1 Å². The zero-order chi connectivity index (χ0) is 17.3. The highest BCUT2D eigenvalue weighted by Crippen LogP contribution is 2.60. The van der Waals surface area contributed by atoms with Gasteiger partial charge in [-0.3, -0.25) is 9.35 Å². The van der Waals surface area contributed by atoms with Gasteiger partial charge in [0.15, 0.2) is 6.61 Å². The lowest BCUT2D eigenvalue weighted by atomic mass is 9.48. The molecule has 4 aliphatic carbocycles. The summed E-state index contributed by atoms with van der Waals surface area (Å²) in [4.78, 5) is 12.1. The van der Waals surface area contributed by atoms with E-state index < -0.39 is 56.9 Å². The van der Waals surface area contributed by atoms with Gasteiger partial charge >= 0.3 is 21.3 Å². The lowest BCUT2D eigenvalue weighted by molar-refractivity contribution is -0.225. The first-order chi connectivity index (χ1) is 10.3. The zero-order valence-electron chi connectivity index (χ0n) is 12.1. The molecule has 23 heavy (non-hydrogen) atoms. The predicted molar refractivity (Wildman–Crippen MR) is 70.9 cm³/mol. The smallest absolute Gasteiger partial charge is 0.402 e. The Kier molecular flexibility index (Phi) is 3.58. The van der Waals surface area contributed by atoms with Gasteiger partial charge in [-0.05, 0) is 37.5 Å². The van der Waals surface area contributed by atoms with Crippen molar-refractivity contribution in [2.45, 2.75) is 48.6 Å². The maximum atomic E-state index is 13.1. The van der Waals surface area contributed by atoms with Crippen LogP contribution in [0.5, 0.6) is 0 Å². The highest BCUT2D eigenvalue weighted by Gasteiger charge is 2.62. The molecule has 0 aliphatic heterocycles. The van der Waals surface area contributed by atoms with E-state index in [0.29, 0.717) is 0 Å². The highest BCUT2D eigenvalue weighted by atomic mass is 32.2. The Morgan fingerprint density at radius 1 is 1.13 bits per heavy atom. The number of esters is 1. The minimum absolute atomic E-state index is 0.246. The lowest BCUT2D eigenvalue weighted by Gasteiger charge is -2.60. The van der Waals surface area contributed by atoms with Crippen LogP contribution in [0.15, 0.2) is 0 Å². The second-order valence-corrected chi connectivity index (χ2v) is 8.76. The van der Waals surface area contributed by atoms with Crippen molar-refractivity contribution in [3.63, 3.8) is 0 Å². The summed E-state index contributed by atoms with van der Waals surface area (Å²) in [6.07, 6.45) is 1.36. The minimum atomic E-state index is -5.66. The molecule has 3 N–H and O–H groups in total. The van der Waals surface area contributed by atoms with Gasteiger partial charge in [0.25, 0.3) is 0 Å². The van der Waals surface area contributed by atoms with Crippen LogP contribution in [-0.4, -0.2) is 52.2 Å². The number of rotatable bonds is 4.